The molecule has 1 amide bonds. The van der Waals surface area contributed by atoms with Crippen LogP contribution in [-0.2, 0) is 14.8 Å². The third kappa shape index (κ3) is 5.55. The van der Waals surface area contributed by atoms with E-state index in [0.29, 0.717) is 37.5 Å². The van der Waals surface area contributed by atoms with Crippen LogP contribution in [0.25, 0.3) is 10.8 Å². The smallest absolute Gasteiger partial charge is 0.257 e. The van der Waals surface area contributed by atoms with Crippen LogP contribution in [0.2, 0.25) is 0 Å². The molecule has 1 saturated heterocycles. The first-order valence-electron chi connectivity index (χ1n) is 14.0. The van der Waals surface area contributed by atoms with Crippen molar-refractivity contribution in [2.45, 2.75) is 31.2 Å². The highest BCUT2D eigenvalue weighted by atomic mass is 32.2. The molecule has 6 rings (SSSR count). The first-order chi connectivity index (χ1) is 19.8. The van der Waals surface area contributed by atoms with E-state index in [1.165, 1.54) is 9.69 Å². The molecule has 1 atom stereocenters. The zero-order valence-corrected chi connectivity index (χ0v) is 24.2. The van der Waals surface area contributed by atoms with E-state index in [4.69, 9.17) is 5.10 Å². The van der Waals surface area contributed by atoms with Gasteiger partial charge in [0.1, 0.15) is 0 Å². The monoisotopic (exact) mass is 566 g/mol. The van der Waals surface area contributed by atoms with Crippen LogP contribution in [0.5, 0.6) is 0 Å². The predicted octanol–water partition coefficient (Wildman–Crippen LogP) is 5.14. The number of carbonyl (C=O) groups is 1. The normalized spacial score (nSPS) is 18.5. The van der Waals surface area contributed by atoms with Crippen LogP contribution in [0.3, 0.4) is 0 Å². The lowest BCUT2D eigenvalue weighted by molar-refractivity contribution is -0.134. The Morgan fingerprint density at radius 1 is 0.805 bits per heavy atom. The summed E-state index contributed by atoms with van der Waals surface area (Å²) in [6.07, 6.45) is 0.635. The number of fused-ring (bicyclic) bond motifs is 1. The van der Waals surface area contributed by atoms with E-state index in [0.717, 1.165) is 33.4 Å². The fraction of sp³-hybridized carbons (Fsp3) is 0.273. The van der Waals surface area contributed by atoms with Crippen molar-refractivity contribution in [2.24, 2.45) is 5.10 Å². The summed E-state index contributed by atoms with van der Waals surface area (Å²) in [4.78, 5) is 16.1. The molecule has 1 unspecified atom stereocenters. The van der Waals surface area contributed by atoms with Crippen LogP contribution in [0.4, 0.5) is 0 Å². The van der Waals surface area contributed by atoms with Gasteiger partial charge in [-0.2, -0.15) is 9.41 Å². The van der Waals surface area contributed by atoms with Crippen molar-refractivity contribution in [3.8, 4) is 0 Å². The molecule has 0 bridgehead atoms. The lowest BCUT2D eigenvalue weighted by atomic mass is 9.97. The van der Waals surface area contributed by atoms with Gasteiger partial charge in [0, 0.05) is 32.6 Å². The fourth-order valence-electron chi connectivity index (χ4n) is 5.63. The second-order valence-electron chi connectivity index (χ2n) is 10.9. The van der Waals surface area contributed by atoms with Crippen LogP contribution >= 0.6 is 0 Å². The topological polar surface area (TPSA) is 73.3 Å². The van der Waals surface area contributed by atoms with Gasteiger partial charge in [0.15, 0.2) is 0 Å². The second kappa shape index (κ2) is 11.2. The van der Waals surface area contributed by atoms with Gasteiger partial charge in [-0.05, 0) is 65.1 Å². The van der Waals surface area contributed by atoms with Crippen molar-refractivity contribution in [2.75, 3.05) is 32.7 Å². The van der Waals surface area contributed by atoms with E-state index in [9.17, 15) is 13.2 Å². The van der Waals surface area contributed by atoms with Gasteiger partial charge in [0.2, 0.25) is 10.0 Å². The molecule has 7 nitrogen and oxygen atoms in total. The number of sulfonamides is 1. The Bertz CT molecular complexity index is 1730. The average molecular weight is 567 g/mol. The quantitative estimate of drug-likeness (QED) is 0.324. The third-order valence-electron chi connectivity index (χ3n) is 8.24. The van der Waals surface area contributed by atoms with Crippen molar-refractivity contribution in [1.82, 2.24) is 14.2 Å². The lowest BCUT2D eigenvalue weighted by Crippen LogP contribution is -2.51. The molecule has 0 aromatic heterocycles. The maximum atomic E-state index is 13.7. The highest BCUT2D eigenvalue weighted by Crippen LogP contribution is 2.33. The van der Waals surface area contributed by atoms with Crippen LogP contribution in [0.1, 0.15) is 34.7 Å². The predicted molar refractivity (Wildman–Crippen MR) is 162 cm³/mol. The number of aryl methyl sites for hydroxylation is 2. The Morgan fingerprint density at radius 3 is 2.24 bits per heavy atom. The molecule has 210 valence electrons. The summed E-state index contributed by atoms with van der Waals surface area (Å²) in [7, 11) is -3.58. The molecule has 4 aromatic rings. The van der Waals surface area contributed by atoms with Gasteiger partial charge in [-0.1, -0.05) is 72.8 Å². The molecule has 0 aliphatic carbocycles. The van der Waals surface area contributed by atoms with Gasteiger partial charge >= 0.3 is 0 Å². The zero-order valence-electron chi connectivity index (χ0n) is 23.4. The van der Waals surface area contributed by atoms with E-state index in [-0.39, 0.29) is 18.5 Å². The molecule has 0 saturated carbocycles. The van der Waals surface area contributed by atoms with Crippen LogP contribution < -0.4 is 0 Å². The van der Waals surface area contributed by atoms with Gasteiger partial charge in [-0.3, -0.25) is 9.69 Å². The molecule has 8 heteroatoms. The summed E-state index contributed by atoms with van der Waals surface area (Å²) < 4.78 is 28.0. The number of hydrogen-bond acceptors (Lipinski definition) is 5. The van der Waals surface area contributed by atoms with Gasteiger partial charge in [-0.25, -0.2) is 13.4 Å². The van der Waals surface area contributed by atoms with Gasteiger partial charge in [0.25, 0.3) is 5.91 Å². The average Bonchev–Trinajstić information content (AvgIpc) is 3.45. The molecule has 1 fully saturated rings. The molecular weight excluding hydrogens is 532 g/mol. The second-order valence-corrected chi connectivity index (χ2v) is 12.8. The van der Waals surface area contributed by atoms with Crippen molar-refractivity contribution in [3.63, 3.8) is 0 Å². The molecule has 41 heavy (non-hydrogen) atoms. The highest BCUT2D eigenvalue weighted by molar-refractivity contribution is 7.89. The van der Waals surface area contributed by atoms with E-state index in [1.54, 1.807) is 17.1 Å². The van der Waals surface area contributed by atoms with Crippen molar-refractivity contribution in [1.29, 1.82) is 0 Å². The molecule has 0 spiro atoms. The minimum absolute atomic E-state index is 0.0832. The van der Waals surface area contributed by atoms with E-state index >= 15 is 0 Å². The van der Waals surface area contributed by atoms with Crippen LogP contribution in [0.15, 0.2) is 101 Å². The Morgan fingerprint density at radius 2 is 1.51 bits per heavy atom. The maximum Gasteiger partial charge on any atom is 0.257 e. The van der Waals surface area contributed by atoms with Crippen molar-refractivity contribution >= 4 is 32.4 Å². The van der Waals surface area contributed by atoms with Crippen molar-refractivity contribution < 1.29 is 13.2 Å². The number of piperazine rings is 1. The number of amides is 1. The standard InChI is InChI=1S/C33H34N4O3S/c1-24-12-15-30(20-25(24)2)41(39,40)36-18-16-35(17-19-36)23-33(38)37-32(27-9-4-3-5-10-27)22-31(34-37)29-14-13-26-8-6-7-11-28(26)21-29/h3-15,20-21,32H,16-19,22-23H2,1-2H3. The van der Waals surface area contributed by atoms with Gasteiger partial charge in [0.05, 0.1) is 23.2 Å². The SMILES string of the molecule is Cc1ccc(S(=O)(=O)N2CCN(CC(=O)N3N=C(c4ccc5ccccc5c4)CC3c3ccccc3)CC2)cc1C. The van der Waals surface area contributed by atoms with E-state index in [2.05, 4.69) is 30.3 Å². The Balaban J connectivity index is 1.18. The van der Waals surface area contributed by atoms with Crippen LogP contribution in [-0.4, -0.2) is 67.0 Å². The van der Waals surface area contributed by atoms with Crippen molar-refractivity contribution in [3.05, 3.63) is 113 Å². The molecule has 0 N–H and O–H groups in total. The maximum absolute atomic E-state index is 13.7. The summed E-state index contributed by atoms with van der Waals surface area (Å²) in [5.74, 6) is -0.0832. The Hall–Kier alpha value is -3.85. The number of hydrogen-bond donors (Lipinski definition) is 0. The summed E-state index contributed by atoms with van der Waals surface area (Å²) in [6, 6.07) is 29.7. The molecule has 4 aromatic carbocycles. The summed E-state index contributed by atoms with van der Waals surface area (Å²) in [5.41, 5.74) is 4.98. The van der Waals surface area contributed by atoms with Gasteiger partial charge < -0.3 is 0 Å². The summed E-state index contributed by atoms with van der Waals surface area (Å²) in [6.45, 7) is 5.75. The number of hydrazone groups is 1. The minimum atomic E-state index is -3.58. The molecule has 0 radical (unpaired) electrons. The van der Waals surface area contributed by atoms with E-state index < -0.39 is 10.0 Å². The summed E-state index contributed by atoms with van der Waals surface area (Å²) in [5, 5.41) is 8.81. The Labute approximate surface area is 241 Å². The largest absolute Gasteiger partial charge is 0.292 e. The number of rotatable bonds is 6. The minimum Gasteiger partial charge on any atom is -0.292 e. The lowest BCUT2D eigenvalue weighted by Gasteiger charge is -2.34. The number of benzene rings is 4. The highest BCUT2D eigenvalue weighted by Gasteiger charge is 2.35. The zero-order chi connectivity index (χ0) is 28.6. The molecule has 2 aliphatic rings. The number of carbonyl (C=O) groups excluding carboxylic acids is 1. The van der Waals surface area contributed by atoms with Gasteiger partial charge in [-0.15, -0.1) is 0 Å². The number of nitrogens with zero attached hydrogens (tertiary/aromatic N) is 4. The molecule has 2 heterocycles. The Kier molecular flexibility index (Phi) is 7.46. The van der Waals surface area contributed by atoms with E-state index in [1.807, 2.05) is 67.3 Å². The third-order valence-corrected chi connectivity index (χ3v) is 10.1. The molecule has 2 aliphatic heterocycles. The summed E-state index contributed by atoms with van der Waals surface area (Å²) >= 11 is 0. The molecular formula is C33H34N4O3S. The fourth-order valence-corrected chi connectivity index (χ4v) is 7.14. The first-order valence-corrected chi connectivity index (χ1v) is 15.5. The van der Waals surface area contributed by atoms with Crippen LogP contribution in [0, 0.1) is 13.8 Å². The first kappa shape index (κ1) is 27.3.